The molecule has 43 heavy (non-hydrogen) atoms. The lowest BCUT2D eigenvalue weighted by Gasteiger charge is -2.74. The molecular formula is C42H37N. The van der Waals surface area contributed by atoms with Crippen molar-refractivity contribution >= 4 is 10.8 Å². The highest BCUT2D eigenvalue weighted by atomic mass is 14.7. The molecule has 4 atom stereocenters. The number of aromatic nitrogens is 1. The molecule has 5 aromatic rings. The topological polar surface area (TPSA) is 12.9 Å². The predicted molar refractivity (Wildman–Crippen MR) is 176 cm³/mol. The van der Waals surface area contributed by atoms with E-state index in [4.69, 9.17) is 4.98 Å². The van der Waals surface area contributed by atoms with Crippen molar-refractivity contribution in [3.63, 3.8) is 0 Å². The van der Waals surface area contributed by atoms with E-state index in [1.165, 1.54) is 69.0 Å². The highest BCUT2D eigenvalue weighted by Gasteiger charge is 2.70. The van der Waals surface area contributed by atoms with Gasteiger partial charge in [-0.05, 0) is 137 Å². The third-order valence-electron chi connectivity index (χ3n) is 13.7. The first-order valence-electron chi connectivity index (χ1n) is 16.9. The number of pyridine rings is 1. The Kier molecular flexibility index (Phi) is 4.44. The van der Waals surface area contributed by atoms with Crippen LogP contribution in [-0.2, 0) is 5.41 Å². The zero-order chi connectivity index (χ0) is 28.0. The molecule has 0 aliphatic heterocycles. The van der Waals surface area contributed by atoms with Crippen molar-refractivity contribution in [2.45, 2.75) is 50.9 Å². The first-order valence-corrected chi connectivity index (χ1v) is 16.9. The summed E-state index contributed by atoms with van der Waals surface area (Å²) in [6.07, 6.45) is 9.19. The Bertz CT molecular complexity index is 1950. The number of fused-ring (bicyclic) bond motifs is 3. The molecule has 210 valence electrons. The van der Waals surface area contributed by atoms with Crippen LogP contribution in [0.2, 0.25) is 0 Å². The lowest BCUT2D eigenvalue weighted by Crippen LogP contribution is -2.69. The molecule has 0 spiro atoms. The molecule has 0 saturated heterocycles. The van der Waals surface area contributed by atoms with Crippen LogP contribution in [0, 0.1) is 48.3 Å². The molecule has 1 heterocycles. The van der Waals surface area contributed by atoms with Crippen molar-refractivity contribution in [2.75, 3.05) is 0 Å². The number of hydrogen-bond acceptors (Lipinski definition) is 1. The summed E-state index contributed by atoms with van der Waals surface area (Å²) in [5.41, 5.74) is 13.5. The van der Waals surface area contributed by atoms with Gasteiger partial charge in [-0.1, -0.05) is 84.9 Å². The Morgan fingerprint density at radius 3 is 1.95 bits per heavy atom. The summed E-state index contributed by atoms with van der Waals surface area (Å²) >= 11 is 0. The summed E-state index contributed by atoms with van der Waals surface area (Å²) < 4.78 is 0. The number of benzene rings is 4. The van der Waals surface area contributed by atoms with Crippen molar-refractivity contribution in [2.24, 2.45) is 41.4 Å². The van der Waals surface area contributed by atoms with Crippen LogP contribution in [0.3, 0.4) is 0 Å². The first-order chi connectivity index (χ1) is 21.2. The van der Waals surface area contributed by atoms with E-state index in [0.717, 1.165) is 52.8 Å². The zero-order valence-electron chi connectivity index (χ0n) is 24.9. The molecule has 4 aromatic carbocycles. The van der Waals surface area contributed by atoms with Crippen LogP contribution in [0.5, 0.6) is 0 Å². The first kappa shape index (κ1) is 23.7. The molecule has 8 bridgehead atoms. The van der Waals surface area contributed by atoms with Gasteiger partial charge >= 0.3 is 0 Å². The second-order valence-electron chi connectivity index (χ2n) is 15.2. The van der Waals surface area contributed by atoms with Gasteiger partial charge in [-0.25, -0.2) is 0 Å². The van der Waals surface area contributed by atoms with Crippen LogP contribution >= 0.6 is 0 Å². The zero-order valence-corrected chi connectivity index (χ0v) is 24.9. The fourth-order valence-electron chi connectivity index (χ4n) is 12.5. The van der Waals surface area contributed by atoms with E-state index in [1.54, 1.807) is 24.8 Å². The molecule has 7 saturated carbocycles. The summed E-state index contributed by atoms with van der Waals surface area (Å²) in [4.78, 5) is 5.24. The fourth-order valence-corrected chi connectivity index (χ4v) is 12.5. The molecule has 1 aromatic heterocycles. The normalized spacial score (nSPS) is 33.5. The lowest BCUT2D eigenvalue weighted by atomic mass is 9.30. The molecule has 4 unspecified atom stereocenters. The average molecular weight is 556 g/mol. The minimum Gasteiger partial charge on any atom is -0.252 e. The van der Waals surface area contributed by atoms with Gasteiger partial charge < -0.3 is 0 Å². The maximum absolute atomic E-state index is 5.24. The molecule has 13 rings (SSSR count). The van der Waals surface area contributed by atoms with E-state index in [1.807, 2.05) is 0 Å². The third-order valence-corrected chi connectivity index (χ3v) is 13.7. The molecule has 0 N–H and O–H groups in total. The maximum Gasteiger partial charge on any atom is 0.0711 e. The Morgan fingerprint density at radius 1 is 0.558 bits per heavy atom. The van der Waals surface area contributed by atoms with E-state index in [2.05, 4.69) is 97.9 Å². The lowest BCUT2D eigenvalue weighted by molar-refractivity contribution is -0.220. The molecule has 7 fully saturated rings. The number of hydrogen-bond donors (Lipinski definition) is 0. The quantitative estimate of drug-likeness (QED) is 0.212. The fraction of sp³-hybridized carbons (Fsp3) is 0.357. The van der Waals surface area contributed by atoms with Gasteiger partial charge in [0.15, 0.2) is 0 Å². The van der Waals surface area contributed by atoms with Gasteiger partial charge in [0.1, 0.15) is 0 Å². The van der Waals surface area contributed by atoms with Gasteiger partial charge in [-0.2, -0.15) is 0 Å². The van der Waals surface area contributed by atoms with Crippen molar-refractivity contribution in [3.05, 3.63) is 102 Å². The van der Waals surface area contributed by atoms with Crippen LogP contribution in [0.25, 0.3) is 55.4 Å². The predicted octanol–water partition coefficient (Wildman–Crippen LogP) is 10.5. The summed E-state index contributed by atoms with van der Waals surface area (Å²) in [7, 11) is 0. The molecule has 0 amide bonds. The van der Waals surface area contributed by atoms with E-state index < -0.39 is 0 Å². The summed E-state index contributed by atoms with van der Waals surface area (Å²) in [6, 6.07) is 34.7. The minimum atomic E-state index is 0.481. The van der Waals surface area contributed by atoms with Crippen molar-refractivity contribution in [1.82, 2.24) is 4.98 Å². The van der Waals surface area contributed by atoms with E-state index in [9.17, 15) is 0 Å². The van der Waals surface area contributed by atoms with Crippen molar-refractivity contribution < 1.29 is 0 Å². The SMILES string of the molecule is Cc1nc(-c2ccc3c4c(cccc24)-c2ccccc2-3)ccc1-c1ccc(C23CC4CC5C6CC(CC52)CC3C6C4)cc1. The maximum atomic E-state index is 5.24. The summed E-state index contributed by atoms with van der Waals surface area (Å²) in [6.45, 7) is 2.19. The van der Waals surface area contributed by atoms with Crippen LogP contribution in [-0.4, -0.2) is 4.98 Å². The Morgan fingerprint density at radius 2 is 1.21 bits per heavy atom. The molecule has 1 heteroatoms. The highest BCUT2D eigenvalue weighted by molar-refractivity contribution is 6.18. The van der Waals surface area contributed by atoms with Gasteiger partial charge in [0.2, 0.25) is 0 Å². The number of aryl methyl sites for hydroxylation is 1. The smallest absolute Gasteiger partial charge is 0.0711 e. The van der Waals surface area contributed by atoms with Gasteiger partial charge in [-0.3, -0.25) is 4.98 Å². The van der Waals surface area contributed by atoms with Gasteiger partial charge in [0.25, 0.3) is 0 Å². The Balaban J connectivity index is 0.960. The summed E-state index contributed by atoms with van der Waals surface area (Å²) in [5.74, 6) is 7.09. The van der Waals surface area contributed by atoms with E-state index in [-0.39, 0.29) is 0 Å². The van der Waals surface area contributed by atoms with Crippen LogP contribution in [0.15, 0.2) is 91.0 Å². The minimum absolute atomic E-state index is 0.481. The standard InChI is InChI=1S/C42H37N/c1-23-28(15-16-40(43-23)31-13-14-34-30-6-3-2-5-29(30)32-7-4-8-33(31)41(32)34)26-9-11-27(12-10-26)42-22-25-18-36-35-17-24(20-38(36)42)21-39(42)37(35)19-25/h2-16,24-25,35-39H,17-22H2,1H3. The van der Waals surface area contributed by atoms with Crippen LogP contribution in [0.4, 0.5) is 0 Å². The molecule has 8 aliphatic carbocycles. The van der Waals surface area contributed by atoms with Crippen molar-refractivity contribution in [1.29, 1.82) is 0 Å². The van der Waals surface area contributed by atoms with Gasteiger partial charge in [0, 0.05) is 22.2 Å². The monoisotopic (exact) mass is 555 g/mol. The van der Waals surface area contributed by atoms with Crippen molar-refractivity contribution in [3.8, 4) is 44.6 Å². The second-order valence-corrected chi connectivity index (χ2v) is 15.2. The van der Waals surface area contributed by atoms with Crippen LogP contribution in [0.1, 0.15) is 49.8 Å². The molecular weight excluding hydrogens is 518 g/mol. The number of nitrogens with zero attached hydrogens (tertiary/aromatic N) is 1. The second kappa shape index (κ2) is 8.06. The highest BCUT2D eigenvalue weighted by Crippen LogP contribution is 2.76. The largest absolute Gasteiger partial charge is 0.252 e. The van der Waals surface area contributed by atoms with Gasteiger partial charge in [-0.15, -0.1) is 0 Å². The molecule has 1 nitrogen and oxygen atoms in total. The molecule has 8 aliphatic rings. The third kappa shape index (κ3) is 2.88. The van der Waals surface area contributed by atoms with E-state index >= 15 is 0 Å². The Labute approximate surface area is 254 Å². The average Bonchev–Trinajstić information content (AvgIpc) is 3.38. The summed E-state index contributed by atoms with van der Waals surface area (Å²) in [5, 5.41) is 2.67. The van der Waals surface area contributed by atoms with Gasteiger partial charge in [0.05, 0.1) is 5.69 Å². The van der Waals surface area contributed by atoms with Crippen LogP contribution < -0.4 is 0 Å². The Hall–Kier alpha value is -3.71. The van der Waals surface area contributed by atoms with E-state index in [0.29, 0.717) is 5.41 Å². The molecule has 0 radical (unpaired) electrons. The number of rotatable bonds is 3.